The standard InChI is InChI=1S/C20H22FNO3S2/c1-2-25-20(24)18-15-5-3-4-6-16(15)27-19(18)22-17(23)11-12-26-14-9-7-13(21)8-10-14/h7-10H,2-6,11-12H2,1H3,(H,22,23). The Balaban J connectivity index is 1.63. The van der Waals surface area contributed by atoms with Crippen LogP contribution in [-0.4, -0.2) is 24.2 Å². The molecule has 0 saturated carbocycles. The lowest BCUT2D eigenvalue weighted by Gasteiger charge is -2.12. The van der Waals surface area contributed by atoms with Crippen LogP contribution in [0, 0.1) is 5.82 Å². The molecule has 1 aromatic carbocycles. The number of carbonyl (C=O) groups is 2. The van der Waals surface area contributed by atoms with Gasteiger partial charge in [0.2, 0.25) is 5.91 Å². The first kappa shape index (κ1) is 19.9. The number of anilines is 1. The Morgan fingerprint density at radius 3 is 2.70 bits per heavy atom. The number of ether oxygens (including phenoxy) is 1. The summed E-state index contributed by atoms with van der Waals surface area (Å²) >= 11 is 2.99. The van der Waals surface area contributed by atoms with Crippen molar-refractivity contribution in [2.24, 2.45) is 0 Å². The lowest BCUT2D eigenvalue weighted by atomic mass is 9.95. The van der Waals surface area contributed by atoms with E-state index in [1.54, 1.807) is 19.1 Å². The van der Waals surface area contributed by atoms with Crippen LogP contribution in [0.5, 0.6) is 0 Å². The highest BCUT2D eigenvalue weighted by molar-refractivity contribution is 7.99. The number of fused-ring (bicyclic) bond motifs is 1. The first-order valence-corrected chi connectivity index (χ1v) is 10.9. The smallest absolute Gasteiger partial charge is 0.341 e. The van der Waals surface area contributed by atoms with Gasteiger partial charge in [0.25, 0.3) is 0 Å². The number of rotatable bonds is 7. The third-order valence-electron chi connectivity index (χ3n) is 4.32. The highest BCUT2D eigenvalue weighted by Crippen LogP contribution is 2.38. The molecule has 1 heterocycles. The molecule has 0 bridgehead atoms. The van der Waals surface area contributed by atoms with Crippen LogP contribution in [0.2, 0.25) is 0 Å². The summed E-state index contributed by atoms with van der Waals surface area (Å²) < 4.78 is 18.1. The monoisotopic (exact) mass is 407 g/mol. The van der Waals surface area contributed by atoms with E-state index in [9.17, 15) is 14.0 Å². The van der Waals surface area contributed by atoms with Gasteiger partial charge in [-0.2, -0.15) is 0 Å². The normalized spacial score (nSPS) is 13.1. The average Bonchev–Trinajstić information content (AvgIpc) is 3.01. The summed E-state index contributed by atoms with van der Waals surface area (Å²) in [5.74, 6) is -0.177. The van der Waals surface area contributed by atoms with E-state index in [1.807, 2.05) is 0 Å². The Bertz CT molecular complexity index is 817. The predicted octanol–water partition coefficient (Wildman–Crippen LogP) is 5.06. The molecule has 144 valence electrons. The summed E-state index contributed by atoms with van der Waals surface area (Å²) in [6.45, 7) is 2.09. The summed E-state index contributed by atoms with van der Waals surface area (Å²) in [5.41, 5.74) is 1.58. The van der Waals surface area contributed by atoms with Gasteiger partial charge in [-0.15, -0.1) is 23.1 Å². The topological polar surface area (TPSA) is 55.4 Å². The molecule has 7 heteroatoms. The maximum Gasteiger partial charge on any atom is 0.341 e. The molecule has 0 aliphatic heterocycles. The Morgan fingerprint density at radius 1 is 1.22 bits per heavy atom. The third-order valence-corrected chi connectivity index (χ3v) is 6.54. The Kier molecular flexibility index (Phi) is 6.90. The number of hydrogen-bond donors (Lipinski definition) is 1. The van der Waals surface area contributed by atoms with Gasteiger partial charge in [-0.3, -0.25) is 4.79 Å². The number of aryl methyl sites for hydroxylation is 1. The van der Waals surface area contributed by atoms with E-state index in [1.165, 1.54) is 40.1 Å². The zero-order valence-corrected chi connectivity index (χ0v) is 16.8. The van der Waals surface area contributed by atoms with Crippen molar-refractivity contribution in [3.63, 3.8) is 0 Å². The zero-order chi connectivity index (χ0) is 19.2. The number of esters is 1. The molecule has 0 spiro atoms. The maximum atomic E-state index is 12.9. The van der Waals surface area contributed by atoms with Crippen molar-refractivity contribution in [1.29, 1.82) is 0 Å². The van der Waals surface area contributed by atoms with Crippen LogP contribution in [0.3, 0.4) is 0 Å². The van der Waals surface area contributed by atoms with Gasteiger partial charge in [-0.05, 0) is 62.4 Å². The maximum absolute atomic E-state index is 12.9. The van der Waals surface area contributed by atoms with Crippen LogP contribution < -0.4 is 5.32 Å². The fraction of sp³-hybridized carbons (Fsp3) is 0.400. The summed E-state index contributed by atoms with van der Waals surface area (Å²) in [5, 5.41) is 3.52. The molecule has 3 rings (SSSR count). The second-order valence-corrected chi connectivity index (χ2v) is 8.51. The third kappa shape index (κ3) is 5.11. The van der Waals surface area contributed by atoms with E-state index < -0.39 is 0 Å². The first-order chi connectivity index (χ1) is 13.1. The summed E-state index contributed by atoms with van der Waals surface area (Å²) in [4.78, 5) is 26.9. The number of nitrogens with one attached hydrogen (secondary N) is 1. The van der Waals surface area contributed by atoms with Gasteiger partial charge in [0.1, 0.15) is 10.8 Å². The van der Waals surface area contributed by atoms with Crippen LogP contribution in [-0.2, 0) is 22.4 Å². The minimum Gasteiger partial charge on any atom is -0.462 e. The minimum absolute atomic E-state index is 0.131. The van der Waals surface area contributed by atoms with Crippen LogP contribution in [0.15, 0.2) is 29.2 Å². The van der Waals surface area contributed by atoms with E-state index in [2.05, 4.69) is 5.32 Å². The van der Waals surface area contributed by atoms with E-state index in [0.717, 1.165) is 36.1 Å². The van der Waals surface area contributed by atoms with Crippen molar-refractivity contribution in [3.8, 4) is 0 Å². The van der Waals surface area contributed by atoms with E-state index >= 15 is 0 Å². The fourth-order valence-electron chi connectivity index (χ4n) is 3.05. The van der Waals surface area contributed by atoms with Gasteiger partial charge >= 0.3 is 5.97 Å². The van der Waals surface area contributed by atoms with Gasteiger partial charge in [0.05, 0.1) is 12.2 Å². The molecule has 2 aromatic rings. The van der Waals surface area contributed by atoms with Crippen molar-refractivity contribution in [1.82, 2.24) is 0 Å². The van der Waals surface area contributed by atoms with Crippen molar-refractivity contribution in [2.45, 2.75) is 43.9 Å². The lowest BCUT2D eigenvalue weighted by Crippen LogP contribution is -2.16. The number of thiophene rings is 1. The van der Waals surface area contributed by atoms with E-state index in [-0.39, 0.29) is 17.7 Å². The molecule has 0 radical (unpaired) electrons. The van der Waals surface area contributed by atoms with Crippen molar-refractivity contribution in [2.75, 3.05) is 17.7 Å². The molecule has 1 aliphatic carbocycles. The average molecular weight is 408 g/mol. The van der Waals surface area contributed by atoms with Crippen LogP contribution in [0.25, 0.3) is 0 Å². The van der Waals surface area contributed by atoms with Gasteiger partial charge < -0.3 is 10.1 Å². The summed E-state index contributed by atoms with van der Waals surface area (Å²) in [7, 11) is 0. The summed E-state index contributed by atoms with van der Waals surface area (Å²) in [6.07, 6.45) is 4.28. The number of hydrogen-bond acceptors (Lipinski definition) is 5. The summed E-state index contributed by atoms with van der Waals surface area (Å²) in [6, 6.07) is 6.21. The molecule has 27 heavy (non-hydrogen) atoms. The molecule has 0 fully saturated rings. The largest absolute Gasteiger partial charge is 0.462 e. The molecular weight excluding hydrogens is 385 g/mol. The van der Waals surface area contributed by atoms with Gasteiger partial charge in [0.15, 0.2) is 0 Å². The SMILES string of the molecule is CCOC(=O)c1c(NC(=O)CCSc2ccc(F)cc2)sc2c1CCCC2. The predicted molar refractivity (Wildman–Crippen MR) is 107 cm³/mol. The Morgan fingerprint density at radius 2 is 1.96 bits per heavy atom. The number of carbonyl (C=O) groups excluding carboxylic acids is 2. The molecule has 1 aromatic heterocycles. The van der Waals surface area contributed by atoms with Crippen LogP contribution in [0.1, 0.15) is 47.0 Å². The molecule has 1 N–H and O–H groups in total. The molecule has 4 nitrogen and oxygen atoms in total. The molecular formula is C20H22FNO3S2. The number of benzene rings is 1. The van der Waals surface area contributed by atoms with Gasteiger partial charge in [-0.1, -0.05) is 0 Å². The zero-order valence-electron chi connectivity index (χ0n) is 15.2. The Labute approximate surface area is 166 Å². The second kappa shape index (κ2) is 9.37. The van der Waals surface area contributed by atoms with Crippen molar-refractivity contribution < 1.29 is 18.7 Å². The number of amides is 1. The molecule has 0 atom stereocenters. The lowest BCUT2D eigenvalue weighted by molar-refractivity contribution is -0.115. The molecule has 1 amide bonds. The van der Waals surface area contributed by atoms with Crippen LogP contribution >= 0.6 is 23.1 Å². The van der Waals surface area contributed by atoms with Crippen molar-refractivity contribution in [3.05, 3.63) is 46.1 Å². The van der Waals surface area contributed by atoms with Gasteiger partial charge in [0, 0.05) is 21.9 Å². The highest BCUT2D eigenvalue weighted by Gasteiger charge is 2.27. The van der Waals surface area contributed by atoms with E-state index in [4.69, 9.17) is 4.74 Å². The molecule has 0 saturated heterocycles. The molecule has 0 unspecified atom stereocenters. The number of halogens is 1. The number of thioether (sulfide) groups is 1. The van der Waals surface area contributed by atoms with Gasteiger partial charge in [-0.25, -0.2) is 9.18 Å². The fourth-order valence-corrected chi connectivity index (χ4v) is 5.20. The van der Waals surface area contributed by atoms with Crippen LogP contribution in [0.4, 0.5) is 9.39 Å². The second-order valence-electron chi connectivity index (χ2n) is 6.24. The quantitative estimate of drug-likeness (QED) is 0.515. The highest BCUT2D eigenvalue weighted by atomic mass is 32.2. The first-order valence-electron chi connectivity index (χ1n) is 9.08. The minimum atomic E-state index is -0.354. The van der Waals surface area contributed by atoms with Crippen molar-refractivity contribution >= 4 is 40.0 Å². The molecule has 1 aliphatic rings. The Hall–Kier alpha value is -1.86. The van der Waals surface area contributed by atoms with E-state index in [0.29, 0.717) is 29.3 Å².